The molecule has 0 bridgehead atoms. The SMILES string of the molecule is Cn1c(=O)n(C2CCC(=O)NC2=O)c2cccc(CCCOC3CCN(CC4CCC(n5cc(CC(=O)c6cnn7ccc(N8CCOCC8)cc67)c(C(F)F)n5)CC4)CC3)c21. The topological polar surface area (TPSA) is 150 Å². The zero-order valence-electron chi connectivity index (χ0n) is 35.2. The minimum atomic E-state index is -2.78. The third kappa shape index (κ3) is 8.71. The molecule has 9 rings (SSSR count). The van der Waals surface area contributed by atoms with Crippen LogP contribution >= 0.6 is 0 Å². The standard InChI is InChI=1S/C45H55F2N9O6/c1-51-42-30(4-2-6-36(42)56(45(51)60)37-11-12-40(58)49-44(37)59)5-3-21-62-34-14-16-52(17-15-34)27-29-7-9-32(10-8-29)55-28-31(41(50-55)43(46)47)24-39(57)35-26-48-54-18-13-33(25-38(35)54)53-19-22-61-23-20-53/h2,4,6,13,18,25-26,28-29,32,34,37,43H,3,5,7-12,14-17,19-24,27H2,1H3,(H,49,58,59). The Kier molecular flexibility index (Phi) is 12.4. The third-order valence-electron chi connectivity index (χ3n) is 13.5. The number of halogens is 2. The first-order valence-electron chi connectivity index (χ1n) is 22.2. The van der Waals surface area contributed by atoms with Crippen molar-refractivity contribution in [1.82, 2.24) is 38.7 Å². The second kappa shape index (κ2) is 18.2. The fourth-order valence-corrected chi connectivity index (χ4v) is 10.1. The first kappa shape index (κ1) is 42.1. The molecule has 3 saturated heterocycles. The number of anilines is 1. The Balaban J connectivity index is 0.729. The van der Waals surface area contributed by atoms with Gasteiger partial charge in [-0.3, -0.25) is 33.5 Å². The van der Waals surface area contributed by atoms with Gasteiger partial charge in [0.05, 0.1) is 53.7 Å². The van der Waals surface area contributed by atoms with Gasteiger partial charge in [-0.15, -0.1) is 0 Å². The third-order valence-corrected chi connectivity index (χ3v) is 13.5. The van der Waals surface area contributed by atoms with Crippen molar-refractivity contribution in [2.45, 2.75) is 95.2 Å². The van der Waals surface area contributed by atoms with Crippen LogP contribution in [0.2, 0.25) is 0 Å². The summed E-state index contributed by atoms with van der Waals surface area (Å²) in [6.07, 6.45) is 9.90. The molecule has 0 radical (unpaired) electrons. The zero-order chi connectivity index (χ0) is 42.9. The number of morpholine rings is 1. The average molecular weight is 856 g/mol. The van der Waals surface area contributed by atoms with E-state index in [1.165, 1.54) is 10.8 Å². The number of ketones is 1. The van der Waals surface area contributed by atoms with Gasteiger partial charge in [-0.2, -0.15) is 10.2 Å². The summed E-state index contributed by atoms with van der Waals surface area (Å²) in [6, 6.07) is 8.99. The Bertz CT molecular complexity index is 2490. The number of carbonyl (C=O) groups is 3. The number of hydrogen-bond donors (Lipinski definition) is 1. The van der Waals surface area contributed by atoms with Crippen molar-refractivity contribution < 1.29 is 32.6 Å². The first-order chi connectivity index (χ1) is 30.1. The molecule has 17 heteroatoms. The van der Waals surface area contributed by atoms with Gasteiger partial charge < -0.3 is 19.3 Å². The fourth-order valence-electron chi connectivity index (χ4n) is 10.1. The highest BCUT2D eigenvalue weighted by Gasteiger charge is 2.33. The number of piperidine rings is 2. The molecule has 1 atom stereocenters. The quantitative estimate of drug-likeness (QED) is 0.0897. The molecule has 5 aromatic rings. The molecule has 62 heavy (non-hydrogen) atoms. The molecule has 1 aliphatic carbocycles. The molecule has 4 aliphatic rings. The van der Waals surface area contributed by atoms with Gasteiger partial charge in [-0.1, -0.05) is 12.1 Å². The maximum absolute atomic E-state index is 14.3. The Morgan fingerprint density at radius 3 is 2.52 bits per heavy atom. The number of nitrogens with zero attached hydrogens (tertiary/aromatic N) is 8. The average Bonchev–Trinajstić information content (AvgIpc) is 3.98. The normalized spacial score (nSPS) is 22.0. The number of benzene rings is 1. The smallest absolute Gasteiger partial charge is 0.329 e. The zero-order valence-corrected chi connectivity index (χ0v) is 35.2. The van der Waals surface area contributed by atoms with Crippen molar-refractivity contribution in [1.29, 1.82) is 0 Å². The van der Waals surface area contributed by atoms with Gasteiger partial charge in [-0.25, -0.2) is 18.1 Å². The summed E-state index contributed by atoms with van der Waals surface area (Å²) in [5.74, 6) is -0.487. The van der Waals surface area contributed by atoms with E-state index in [2.05, 4.69) is 25.3 Å². The molecule has 1 unspecified atom stereocenters. The molecule has 15 nitrogen and oxygen atoms in total. The number of fused-ring (bicyclic) bond motifs is 2. The number of amides is 2. The molecule has 1 saturated carbocycles. The van der Waals surface area contributed by atoms with Crippen LogP contribution < -0.4 is 15.9 Å². The number of Topliss-reactive ketones (excluding diaryl/α,β-unsaturated/α-hetero) is 1. The van der Waals surface area contributed by atoms with Crippen molar-refractivity contribution in [3.63, 3.8) is 0 Å². The van der Waals surface area contributed by atoms with Crippen LogP contribution in [0.3, 0.4) is 0 Å². The molecule has 4 fully saturated rings. The molecule has 0 spiro atoms. The van der Waals surface area contributed by atoms with Gasteiger partial charge in [0.25, 0.3) is 6.43 Å². The lowest BCUT2D eigenvalue weighted by Gasteiger charge is -2.36. The van der Waals surface area contributed by atoms with E-state index in [0.29, 0.717) is 48.8 Å². The molecule has 1 aromatic carbocycles. The number of aryl methyl sites for hydroxylation is 2. The van der Waals surface area contributed by atoms with E-state index in [4.69, 9.17) is 9.47 Å². The number of carbonyl (C=O) groups excluding carboxylic acids is 3. The molecule has 1 N–H and O–H groups in total. The van der Waals surface area contributed by atoms with Crippen LogP contribution in [0.4, 0.5) is 14.5 Å². The summed E-state index contributed by atoms with van der Waals surface area (Å²) in [5, 5.41) is 11.1. The van der Waals surface area contributed by atoms with E-state index in [1.807, 2.05) is 36.5 Å². The van der Waals surface area contributed by atoms with Crippen LogP contribution in [0.15, 0.2) is 53.7 Å². The second-order valence-corrected chi connectivity index (χ2v) is 17.4. The number of pyridine rings is 1. The molecular formula is C45H55F2N9O6. The van der Waals surface area contributed by atoms with Crippen LogP contribution in [0, 0.1) is 5.92 Å². The lowest BCUT2D eigenvalue weighted by molar-refractivity contribution is -0.135. The largest absolute Gasteiger partial charge is 0.378 e. The maximum atomic E-state index is 14.3. The maximum Gasteiger partial charge on any atom is 0.329 e. The predicted octanol–water partition coefficient (Wildman–Crippen LogP) is 5.21. The Hall–Kier alpha value is -5.26. The number of likely N-dealkylation sites (tertiary alicyclic amines) is 1. The first-order valence-corrected chi connectivity index (χ1v) is 22.2. The van der Waals surface area contributed by atoms with Gasteiger partial charge >= 0.3 is 5.69 Å². The van der Waals surface area contributed by atoms with Gasteiger partial charge in [0.2, 0.25) is 11.8 Å². The molecule has 4 aromatic heterocycles. The van der Waals surface area contributed by atoms with Crippen LogP contribution in [-0.4, -0.2) is 110 Å². The summed E-state index contributed by atoms with van der Waals surface area (Å²) in [6.45, 7) is 6.34. The highest BCUT2D eigenvalue weighted by atomic mass is 19.3. The Labute approximate surface area is 357 Å². The monoisotopic (exact) mass is 855 g/mol. The van der Waals surface area contributed by atoms with Crippen LogP contribution in [0.25, 0.3) is 16.6 Å². The van der Waals surface area contributed by atoms with Crippen molar-refractivity contribution in [3.05, 3.63) is 81.8 Å². The summed E-state index contributed by atoms with van der Waals surface area (Å²) in [5.41, 5.74) is 4.25. The summed E-state index contributed by atoms with van der Waals surface area (Å²) in [4.78, 5) is 56.0. The summed E-state index contributed by atoms with van der Waals surface area (Å²) >= 11 is 0. The van der Waals surface area contributed by atoms with Crippen molar-refractivity contribution in [2.75, 3.05) is 57.4 Å². The van der Waals surface area contributed by atoms with Gasteiger partial charge in [-0.05, 0) is 87.5 Å². The molecule has 2 amide bonds. The Morgan fingerprint density at radius 1 is 0.968 bits per heavy atom. The number of para-hydroxylation sites is 1. The number of imide groups is 1. The fraction of sp³-hybridized carbons (Fsp3) is 0.556. The number of rotatable bonds is 14. The Morgan fingerprint density at radius 2 is 1.76 bits per heavy atom. The number of aromatic nitrogens is 6. The molecular weight excluding hydrogens is 801 g/mol. The van der Waals surface area contributed by atoms with Crippen molar-refractivity contribution in [3.8, 4) is 0 Å². The minimum Gasteiger partial charge on any atom is -0.378 e. The number of nitrogens with one attached hydrogen (secondary N) is 1. The second-order valence-electron chi connectivity index (χ2n) is 17.4. The molecule has 3 aliphatic heterocycles. The van der Waals surface area contributed by atoms with Gasteiger partial charge in [0, 0.05) is 82.9 Å². The van der Waals surface area contributed by atoms with E-state index in [-0.39, 0.29) is 53.6 Å². The van der Waals surface area contributed by atoms with E-state index >= 15 is 0 Å². The van der Waals surface area contributed by atoms with E-state index in [9.17, 15) is 28.0 Å². The van der Waals surface area contributed by atoms with Crippen LogP contribution in [-0.2, 0) is 39.0 Å². The highest BCUT2D eigenvalue weighted by Crippen LogP contribution is 2.35. The number of imidazole rings is 1. The van der Waals surface area contributed by atoms with Gasteiger partial charge in [0.1, 0.15) is 11.7 Å². The minimum absolute atomic E-state index is 0.0157. The number of alkyl halides is 2. The van der Waals surface area contributed by atoms with E-state index in [1.54, 1.807) is 27.0 Å². The molecule has 330 valence electrons. The predicted molar refractivity (Wildman–Crippen MR) is 227 cm³/mol. The lowest BCUT2D eigenvalue weighted by Crippen LogP contribution is -2.44. The van der Waals surface area contributed by atoms with Crippen LogP contribution in [0.1, 0.15) is 103 Å². The van der Waals surface area contributed by atoms with Crippen molar-refractivity contribution >= 4 is 39.8 Å². The highest BCUT2D eigenvalue weighted by molar-refractivity contribution is 6.03. The van der Waals surface area contributed by atoms with Crippen LogP contribution in [0.5, 0.6) is 0 Å². The summed E-state index contributed by atoms with van der Waals surface area (Å²) < 4.78 is 46.9. The lowest BCUT2D eigenvalue weighted by atomic mass is 9.85. The number of hydrogen-bond acceptors (Lipinski definition) is 10. The van der Waals surface area contributed by atoms with E-state index < -0.39 is 18.4 Å². The van der Waals surface area contributed by atoms with Gasteiger partial charge in [0.15, 0.2) is 5.78 Å². The van der Waals surface area contributed by atoms with E-state index in [0.717, 1.165) is 101 Å². The molecule has 7 heterocycles. The summed E-state index contributed by atoms with van der Waals surface area (Å²) in [7, 11) is 1.73. The number of ether oxygens (including phenoxy) is 2. The van der Waals surface area contributed by atoms with Crippen molar-refractivity contribution in [2.24, 2.45) is 13.0 Å².